The average Bonchev–Trinajstić information content (AvgIpc) is 2.39. The van der Waals surface area contributed by atoms with E-state index in [0.29, 0.717) is 13.2 Å². The molecular weight excluding hydrogens is 230 g/mol. The van der Waals surface area contributed by atoms with Crippen molar-refractivity contribution in [3.05, 3.63) is 35.4 Å². The lowest BCUT2D eigenvalue weighted by Gasteiger charge is -2.06. The predicted octanol–water partition coefficient (Wildman–Crippen LogP) is 1.61. The molecule has 0 amide bonds. The molecule has 4 heteroatoms. The van der Waals surface area contributed by atoms with Crippen molar-refractivity contribution in [1.29, 1.82) is 0 Å². The van der Waals surface area contributed by atoms with E-state index in [4.69, 9.17) is 9.84 Å². The van der Waals surface area contributed by atoms with Crippen LogP contribution in [0, 0.1) is 0 Å². The summed E-state index contributed by atoms with van der Waals surface area (Å²) in [5, 5.41) is 12.0. The van der Waals surface area contributed by atoms with Gasteiger partial charge in [0.2, 0.25) is 0 Å². The lowest BCUT2D eigenvalue weighted by molar-refractivity contribution is -0.142. The first-order valence-corrected chi connectivity index (χ1v) is 6.31. The molecule has 1 rings (SSSR count). The molecule has 0 aliphatic heterocycles. The van der Waals surface area contributed by atoms with E-state index in [9.17, 15) is 4.79 Å². The zero-order valence-electron chi connectivity index (χ0n) is 10.8. The smallest absolute Gasteiger partial charge is 0.319 e. The number of hydrogen-bond acceptors (Lipinski definition) is 4. The van der Waals surface area contributed by atoms with Crippen LogP contribution in [0.1, 0.15) is 30.9 Å². The van der Waals surface area contributed by atoms with Crippen LogP contribution in [-0.4, -0.2) is 24.2 Å². The molecule has 1 aromatic rings. The third kappa shape index (κ3) is 5.80. The highest BCUT2D eigenvalue weighted by atomic mass is 16.5. The molecule has 0 aromatic heterocycles. The fourth-order valence-electron chi connectivity index (χ4n) is 1.53. The monoisotopic (exact) mass is 251 g/mol. The summed E-state index contributed by atoms with van der Waals surface area (Å²) in [4.78, 5) is 11.3. The van der Waals surface area contributed by atoms with Gasteiger partial charge in [-0.05, 0) is 17.5 Å². The minimum Gasteiger partial charge on any atom is -0.465 e. The predicted molar refractivity (Wildman–Crippen MR) is 69.9 cm³/mol. The second kappa shape index (κ2) is 8.66. The van der Waals surface area contributed by atoms with Crippen LogP contribution in [0.15, 0.2) is 24.3 Å². The third-order valence-corrected chi connectivity index (χ3v) is 2.53. The molecule has 100 valence electrons. The maximum atomic E-state index is 11.3. The van der Waals surface area contributed by atoms with Gasteiger partial charge in [0.15, 0.2) is 0 Å². The van der Waals surface area contributed by atoms with Crippen LogP contribution < -0.4 is 5.32 Å². The van der Waals surface area contributed by atoms with Crippen LogP contribution in [0.5, 0.6) is 0 Å². The number of nitrogens with one attached hydrogen (secondary N) is 1. The lowest BCUT2D eigenvalue weighted by Crippen LogP contribution is -2.24. The van der Waals surface area contributed by atoms with Gasteiger partial charge < -0.3 is 15.2 Å². The molecule has 2 N–H and O–H groups in total. The number of esters is 1. The van der Waals surface area contributed by atoms with Crippen molar-refractivity contribution in [2.24, 2.45) is 0 Å². The number of carbonyl (C=O) groups excluding carboxylic acids is 1. The van der Waals surface area contributed by atoms with E-state index in [0.717, 1.165) is 24.0 Å². The van der Waals surface area contributed by atoms with E-state index in [-0.39, 0.29) is 19.1 Å². The van der Waals surface area contributed by atoms with Gasteiger partial charge in [0.1, 0.15) is 0 Å². The SMILES string of the molecule is CCCCOC(=O)CNCc1cccc(CO)c1. The molecule has 0 unspecified atom stereocenters. The summed E-state index contributed by atoms with van der Waals surface area (Å²) in [5.41, 5.74) is 1.92. The average molecular weight is 251 g/mol. The summed E-state index contributed by atoms with van der Waals surface area (Å²) in [6.45, 7) is 3.40. The summed E-state index contributed by atoms with van der Waals surface area (Å²) in [5.74, 6) is -0.221. The molecule has 0 fully saturated rings. The molecular formula is C14H21NO3. The zero-order chi connectivity index (χ0) is 13.2. The van der Waals surface area contributed by atoms with E-state index < -0.39 is 0 Å². The van der Waals surface area contributed by atoms with Gasteiger partial charge in [-0.2, -0.15) is 0 Å². The minimum absolute atomic E-state index is 0.0346. The topological polar surface area (TPSA) is 58.6 Å². The lowest BCUT2D eigenvalue weighted by atomic mass is 10.1. The highest BCUT2D eigenvalue weighted by Gasteiger charge is 2.02. The number of aliphatic hydroxyl groups is 1. The Bertz CT molecular complexity index is 366. The van der Waals surface area contributed by atoms with Gasteiger partial charge in [0.25, 0.3) is 0 Å². The van der Waals surface area contributed by atoms with Gasteiger partial charge in [-0.1, -0.05) is 37.6 Å². The molecule has 0 atom stereocenters. The zero-order valence-corrected chi connectivity index (χ0v) is 10.8. The van der Waals surface area contributed by atoms with Gasteiger partial charge in [0.05, 0.1) is 19.8 Å². The van der Waals surface area contributed by atoms with Gasteiger partial charge >= 0.3 is 5.97 Å². The summed E-state index contributed by atoms with van der Waals surface area (Å²) >= 11 is 0. The van der Waals surface area contributed by atoms with Crippen molar-refractivity contribution in [2.75, 3.05) is 13.2 Å². The molecule has 0 spiro atoms. The minimum atomic E-state index is -0.221. The number of hydrogen-bond donors (Lipinski definition) is 2. The largest absolute Gasteiger partial charge is 0.465 e. The van der Waals surface area contributed by atoms with E-state index in [1.807, 2.05) is 24.3 Å². The Labute approximate surface area is 108 Å². The first kappa shape index (κ1) is 14.7. The second-order valence-corrected chi connectivity index (χ2v) is 4.16. The first-order valence-electron chi connectivity index (χ1n) is 6.31. The summed E-state index contributed by atoms with van der Waals surface area (Å²) in [7, 11) is 0. The van der Waals surface area contributed by atoms with Crippen LogP contribution in [0.4, 0.5) is 0 Å². The highest BCUT2D eigenvalue weighted by Crippen LogP contribution is 2.04. The summed E-state index contributed by atoms with van der Waals surface area (Å²) in [6.07, 6.45) is 1.93. The van der Waals surface area contributed by atoms with Crippen LogP contribution in [0.2, 0.25) is 0 Å². The molecule has 0 saturated heterocycles. The molecule has 0 aliphatic carbocycles. The second-order valence-electron chi connectivity index (χ2n) is 4.16. The molecule has 4 nitrogen and oxygen atoms in total. The molecule has 0 bridgehead atoms. The fraction of sp³-hybridized carbons (Fsp3) is 0.500. The number of benzene rings is 1. The molecule has 18 heavy (non-hydrogen) atoms. The maximum absolute atomic E-state index is 11.3. The Morgan fingerprint density at radius 1 is 1.39 bits per heavy atom. The highest BCUT2D eigenvalue weighted by molar-refractivity contribution is 5.71. The normalized spacial score (nSPS) is 10.3. The Kier molecular flexibility index (Phi) is 7.06. The number of unbranched alkanes of at least 4 members (excludes halogenated alkanes) is 1. The maximum Gasteiger partial charge on any atom is 0.319 e. The Morgan fingerprint density at radius 2 is 2.17 bits per heavy atom. The standard InChI is InChI=1S/C14H21NO3/c1-2-3-7-18-14(17)10-15-9-12-5-4-6-13(8-12)11-16/h4-6,8,15-16H,2-3,7,9-11H2,1H3. The Morgan fingerprint density at radius 3 is 2.89 bits per heavy atom. The molecule has 0 heterocycles. The van der Waals surface area contributed by atoms with Crippen molar-refractivity contribution in [3.8, 4) is 0 Å². The summed E-state index contributed by atoms with van der Waals surface area (Å²) in [6, 6.07) is 7.62. The van der Waals surface area contributed by atoms with Crippen molar-refractivity contribution in [2.45, 2.75) is 32.9 Å². The van der Waals surface area contributed by atoms with E-state index in [2.05, 4.69) is 12.2 Å². The quantitative estimate of drug-likeness (QED) is 0.544. The fourth-order valence-corrected chi connectivity index (χ4v) is 1.53. The van der Waals surface area contributed by atoms with Crippen molar-refractivity contribution in [3.63, 3.8) is 0 Å². The van der Waals surface area contributed by atoms with Gasteiger partial charge in [0, 0.05) is 6.54 Å². The molecule has 0 aliphatic rings. The summed E-state index contributed by atoms with van der Waals surface area (Å²) < 4.78 is 5.02. The van der Waals surface area contributed by atoms with E-state index in [1.165, 1.54) is 0 Å². The van der Waals surface area contributed by atoms with Crippen molar-refractivity contribution < 1.29 is 14.6 Å². The van der Waals surface area contributed by atoms with Crippen LogP contribution in [0.3, 0.4) is 0 Å². The van der Waals surface area contributed by atoms with Crippen LogP contribution in [0.25, 0.3) is 0 Å². The number of aliphatic hydroxyl groups excluding tert-OH is 1. The number of carbonyl (C=O) groups is 1. The van der Waals surface area contributed by atoms with E-state index >= 15 is 0 Å². The molecule has 0 saturated carbocycles. The molecule has 0 radical (unpaired) electrons. The van der Waals surface area contributed by atoms with E-state index in [1.54, 1.807) is 0 Å². The van der Waals surface area contributed by atoms with Gasteiger partial charge in [-0.3, -0.25) is 4.79 Å². The van der Waals surface area contributed by atoms with Gasteiger partial charge in [-0.15, -0.1) is 0 Å². The van der Waals surface area contributed by atoms with Crippen LogP contribution in [-0.2, 0) is 22.7 Å². The number of rotatable bonds is 8. The van der Waals surface area contributed by atoms with Crippen LogP contribution >= 0.6 is 0 Å². The Hall–Kier alpha value is -1.39. The number of ether oxygens (including phenoxy) is 1. The molecule has 1 aromatic carbocycles. The van der Waals surface area contributed by atoms with Crippen molar-refractivity contribution >= 4 is 5.97 Å². The van der Waals surface area contributed by atoms with Gasteiger partial charge in [-0.25, -0.2) is 0 Å². The Balaban J connectivity index is 2.22. The van der Waals surface area contributed by atoms with Crippen molar-refractivity contribution in [1.82, 2.24) is 5.32 Å². The first-order chi connectivity index (χ1) is 8.76. The third-order valence-electron chi connectivity index (χ3n) is 2.53.